The molecule has 0 saturated heterocycles. The number of carbonyl (C=O) groups is 1. The van der Waals surface area contributed by atoms with Crippen LogP contribution in [0.25, 0.3) is 22.2 Å². The summed E-state index contributed by atoms with van der Waals surface area (Å²) in [5, 5.41) is 2.84. The third-order valence-corrected chi connectivity index (χ3v) is 5.80. The third-order valence-electron chi connectivity index (χ3n) is 5.80. The molecule has 0 saturated carbocycles. The Balaban J connectivity index is 1.53. The van der Waals surface area contributed by atoms with Crippen molar-refractivity contribution in [2.24, 2.45) is 11.8 Å². The summed E-state index contributed by atoms with van der Waals surface area (Å²) in [6.07, 6.45) is 6.03. The Labute approximate surface area is 206 Å². The first-order valence-electron chi connectivity index (χ1n) is 11.5. The van der Waals surface area contributed by atoms with Gasteiger partial charge in [-0.05, 0) is 36.1 Å². The van der Waals surface area contributed by atoms with Gasteiger partial charge in [0, 0.05) is 59.0 Å². The number of aromatic amines is 1. The SMILES string of the molecule is CC(C)C(Cc1cncc(-c2c[nH]c3ncc(OCc4cccnc4)cc23)c1)C(=O)NCC(F)(F)F. The summed E-state index contributed by atoms with van der Waals surface area (Å²) >= 11 is 0. The third kappa shape index (κ3) is 6.38. The second-order valence-electron chi connectivity index (χ2n) is 8.89. The van der Waals surface area contributed by atoms with E-state index in [1.807, 2.05) is 49.6 Å². The van der Waals surface area contributed by atoms with Crippen LogP contribution in [0.1, 0.15) is 25.0 Å². The van der Waals surface area contributed by atoms with Crippen molar-refractivity contribution in [1.29, 1.82) is 0 Å². The van der Waals surface area contributed by atoms with Gasteiger partial charge in [-0.2, -0.15) is 13.2 Å². The lowest BCUT2D eigenvalue weighted by molar-refractivity contribution is -0.141. The van der Waals surface area contributed by atoms with Gasteiger partial charge >= 0.3 is 6.18 Å². The number of nitrogens with one attached hydrogen (secondary N) is 2. The summed E-state index contributed by atoms with van der Waals surface area (Å²) in [4.78, 5) is 28.4. The van der Waals surface area contributed by atoms with Crippen molar-refractivity contribution < 1.29 is 22.7 Å². The summed E-state index contributed by atoms with van der Waals surface area (Å²) in [6.45, 7) is 2.63. The number of carbonyl (C=O) groups excluding carboxylic acids is 1. The van der Waals surface area contributed by atoms with Gasteiger partial charge in [-0.25, -0.2) is 4.98 Å². The normalized spacial score (nSPS) is 12.6. The van der Waals surface area contributed by atoms with Crippen molar-refractivity contribution >= 4 is 16.9 Å². The molecule has 1 atom stereocenters. The van der Waals surface area contributed by atoms with Gasteiger partial charge in [-0.1, -0.05) is 19.9 Å². The number of nitrogens with zero attached hydrogens (tertiary/aromatic N) is 3. The molecule has 4 aromatic rings. The van der Waals surface area contributed by atoms with Crippen molar-refractivity contribution in [3.63, 3.8) is 0 Å². The maximum atomic E-state index is 12.6. The van der Waals surface area contributed by atoms with Crippen molar-refractivity contribution in [3.8, 4) is 16.9 Å². The smallest absolute Gasteiger partial charge is 0.405 e. The number of pyridine rings is 3. The number of H-pyrrole nitrogens is 1. The molecule has 36 heavy (non-hydrogen) atoms. The van der Waals surface area contributed by atoms with Crippen LogP contribution in [0.4, 0.5) is 13.2 Å². The van der Waals surface area contributed by atoms with Crippen molar-refractivity contribution in [1.82, 2.24) is 25.3 Å². The van der Waals surface area contributed by atoms with Crippen LogP contribution in [-0.2, 0) is 17.8 Å². The van der Waals surface area contributed by atoms with Crippen LogP contribution < -0.4 is 10.1 Å². The Kier molecular flexibility index (Phi) is 7.52. The quantitative estimate of drug-likeness (QED) is 0.336. The monoisotopic (exact) mass is 497 g/mol. The summed E-state index contributed by atoms with van der Waals surface area (Å²) in [5.41, 5.74) is 4.00. The van der Waals surface area contributed by atoms with E-state index >= 15 is 0 Å². The fourth-order valence-corrected chi connectivity index (χ4v) is 3.90. The highest BCUT2D eigenvalue weighted by atomic mass is 19.4. The molecule has 0 bridgehead atoms. The molecule has 7 nitrogen and oxygen atoms in total. The molecule has 0 radical (unpaired) electrons. The molecule has 188 valence electrons. The Morgan fingerprint density at radius 1 is 1.11 bits per heavy atom. The van der Waals surface area contributed by atoms with Crippen molar-refractivity contribution in [2.45, 2.75) is 33.1 Å². The van der Waals surface area contributed by atoms with Gasteiger partial charge in [-0.3, -0.25) is 14.8 Å². The van der Waals surface area contributed by atoms with Crippen LogP contribution in [0.2, 0.25) is 0 Å². The van der Waals surface area contributed by atoms with Gasteiger partial charge in [0.25, 0.3) is 0 Å². The molecular formula is C26H26F3N5O2. The van der Waals surface area contributed by atoms with Crippen LogP contribution in [0, 0.1) is 11.8 Å². The van der Waals surface area contributed by atoms with Gasteiger partial charge in [0.15, 0.2) is 0 Å². The number of ether oxygens (including phenoxy) is 1. The molecule has 4 aromatic heterocycles. The van der Waals surface area contributed by atoms with Crippen LogP contribution >= 0.6 is 0 Å². The number of hydrogen-bond donors (Lipinski definition) is 2. The second-order valence-corrected chi connectivity index (χ2v) is 8.89. The zero-order chi connectivity index (χ0) is 25.7. The minimum absolute atomic E-state index is 0.154. The molecule has 1 unspecified atom stereocenters. The molecule has 1 amide bonds. The van der Waals surface area contributed by atoms with E-state index in [2.05, 4.69) is 19.9 Å². The minimum atomic E-state index is -4.46. The zero-order valence-electron chi connectivity index (χ0n) is 19.8. The van der Waals surface area contributed by atoms with E-state index in [9.17, 15) is 18.0 Å². The lowest BCUT2D eigenvalue weighted by Gasteiger charge is -2.21. The van der Waals surface area contributed by atoms with E-state index in [-0.39, 0.29) is 12.3 Å². The molecule has 0 spiro atoms. The highest BCUT2D eigenvalue weighted by molar-refractivity contribution is 5.94. The number of fused-ring (bicyclic) bond motifs is 1. The van der Waals surface area contributed by atoms with Crippen molar-refractivity contribution in [3.05, 3.63) is 72.6 Å². The summed E-state index contributed by atoms with van der Waals surface area (Å²) in [7, 11) is 0. The molecule has 0 fully saturated rings. The summed E-state index contributed by atoms with van der Waals surface area (Å²) < 4.78 is 43.6. The molecule has 0 aromatic carbocycles. The van der Waals surface area contributed by atoms with Gasteiger partial charge < -0.3 is 15.0 Å². The molecule has 0 aliphatic carbocycles. The first-order chi connectivity index (χ1) is 17.2. The van der Waals surface area contributed by atoms with Gasteiger partial charge in [-0.15, -0.1) is 0 Å². The number of amides is 1. The number of aromatic nitrogens is 4. The predicted molar refractivity (Wildman–Crippen MR) is 129 cm³/mol. The molecule has 0 aliphatic heterocycles. The van der Waals surface area contributed by atoms with E-state index in [1.54, 1.807) is 31.0 Å². The first-order valence-corrected chi connectivity index (χ1v) is 11.5. The van der Waals surface area contributed by atoms with Gasteiger partial charge in [0.1, 0.15) is 24.5 Å². The zero-order valence-corrected chi connectivity index (χ0v) is 19.8. The number of rotatable bonds is 9. The van der Waals surface area contributed by atoms with E-state index < -0.39 is 24.5 Å². The van der Waals surface area contributed by atoms with Crippen LogP contribution in [0.3, 0.4) is 0 Å². The lowest BCUT2D eigenvalue weighted by atomic mass is 9.88. The van der Waals surface area contributed by atoms with Gasteiger partial charge in [0.2, 0.25) is 5.91 Å². The first kappa shape index (κ1) is 25.2. The molecule has 2 N–H and O–H groups in total. The summed E-state index contributed by atoms with van der Waals surface area (Å²) in [6, 6.07) is 7.55. The van der Waals surface area contributed by atoms with Crippen LogP contribution in [0.5, 0.6) is 5.75 Å². The van der Waals surface area contributed by atoms with Crippen LogP contribution in [-0.4, -0.2) is 38.6 Å². The molecule has 4 rings (SSSR count). The van der Waals surface area contributed by atoms with Crippen LogP contribution in [0.15, 0.2) is 61.4 Å². The van der Waals surface area contributed by atoms with E-state index in [0.717, 1.165) is 27.6 Å². The van der Waals surface area contributed by atoms with Crippen molar-refractivity contribution in [2.75, 3.05) is 6.54 Å². The van der Waals surface area contributed by atoms with Gasteiger partial charge in [0.05, 0.1) is 6.20 Å². The van der Waals surface area contributed by atoms with E-state index in [1.165, 1.54) is 0 Å². The molecule has 4 heterocycles. The fourth-order valence-electron chi connectivity index (χ4n) is 3.90. The fraction of sp³-hybridized carbons (Fsp3) is 0.308. The predicted octanol–water partition coefficient (Wildman–Crippen LogP) is 5.09. The summed E-state index contributed by atoms with van der Waals surface area (Å²) in [5.74, 6) is -0.808. The lowest BCUT2D eigenvalue weighted by Crippen LogP contribution is -2.40. The van der Waals surface area contributed by atoms with E-state index in [0.29, 0.717) is 18.0 Å². The Bertz CT molecular complexity index is 1320. The maximum Gasteiger partial charge on any atom is 0.405 e. The maximum absolute atomic E-state index is 12.6. The molecule has 10 heteroatoms. The molecule has 0 aliphatic rings. The highest BCUT2D eigenvalue weighted by Crippen LogP contribution is 2.31. The highest BCUT2D eigenvalue weighted by Gasteiger charge is 2.30. The largest absolute Gasteiger partial charge is 0.487 e. The minimum Gasteiger partial charge on any atom is -0.487 e. The molecular weight excluding hydrogens is 471 g/mol. The number of alkyl halides is 3. The number of hydrogen-bond acceptors (Lipinski definition) is 5. The Hall–Kier alpha value is -3.95. The number of halogens is 3. The Morgan fingerprint density at radius 2 is 1.92 bits per heavy atom. The second kappa shape index (κ2) is 10.8. The Morgan fingerprint density at radius 3 is 2.64 bits per heavy atom. The average Bonchev–Trinajstić information content (AvgIpc) is 3.28. The standard InChI is InChI=1S/C26H26F3N5O2/c1-16(2)21(25(35)34-15-26(27,28)29)7-18-6-19(11-31-10-18)23-13-33-24-22(23)8-20(12-32-24)36-14-17-4-3-5-30-9-17/h3-6,8-13,16,21H,7,14-15H2,1-2H3,(H,32,33)(H,34,35). The average molecular weight is 498 g/mol. The topological polar surface area (TPSA) is 92.8 Å². The van der Waals surface area contributed by atoms with E-state index in [4.69, 9.17) is 4.74 Å².